The van der Waals surface area contributed by atoms with Gasteiger partial charge in [-0.05, 0) is 47.4 Å². The topological polar surface area (TPSA) is 78.0 Å². The van der Waals surface area contributed by atoms with Crippen molar-refractivity contribution in [2.24, 2.45) is 0 Å². The number of aromatic nitrogens is 3. The Balaban J connectivity index is 1.38. The first-order valence-electron chi connectivity index (χ1n) is 10.2. The Morgan fingerprint density at radius 1 is 0.968 bits per heavy atom. The van der Waals surface area contributed by atoms with Crippen LogP contribution in [0.3, 0.4) is 0 Å². The lowest BCUT2D eigenvalue weighted by atomic mass is 9.93. The van der Waals surface area contributed by atoms with Crippen molar-refractivity contribution in [2.45, 2.75) is 25.1 Å². The van der Waals surface area contributed by atoms with E-state index in [1.807, 2.05) is 35.0 Å². The molecule has 0 radical (unpaired) electrons. The highest BCUT2D eigenvalue weighted by molar-refractivity contribution is 9.10. The standard InChI is InChI=1S/C24H22BrN5O/c25-19-10-6-17(7-11-19)21-14-22(30-24(27-21)28-23(26)29-30)18-8-12-20(13-9-18)31-15-16-4-2-1-3-5-16/h1-13,21-22H,14-15H2,(H3,26,27,28,29). The zero-order valence-electron chi connectivity index (χ0n) is 16.8. The van der Waals surface area contributed by atoms with Crippen LogP contribution in [0.4, 0.5) is 11.9 Å². The number of halogens is 1. The molecule has 0 fully saturated rings. The minimum atomic E-state index is 0.0258. The molecule has 0 bridgehead atoms. The summed E-state index contributed by atoms with van der Waals surface area (Å²) in [5.41, 5.74) is 9.39. The Hall–Kier alpha value is -3.32. The van der Waals surface area contributed by atoms with Crippen molar-refractivity contribution in [1.82, 2.24) is 14.8 Å². The molecule has 0 saturated heterocycles. The van der Waals surface area contributed by atoms with Gasteiger partial charge < -0.3 is 15.8 Å². The van der Waals surface area contributed by atoms with Crippen molar-refractivity contribution < 1.29 is 4.74 Å². The molecule has 0 saturated carbocycles. The van der Waals surface area contributed by atoms with Gasteiger partial charge in [-0.15, -0.1) is 5.10 Å². The van der Waals surface area contributed by atoms with Crippen LogP contribution in [0.1, 0.15) is 35.2 Å². The zero-order chi connectivity index (χ0) is 21.2. The molecule has 1 aliphatic rings. The van der Waals surface area contributed by atoms with Gasteiger partial charge in [0.15, 0.2) is 0 Å². The molecule has 2 atom stereocenters. The van der Waals surface area contributed by atoms with Crippen LogP contribution in [0, 0.1) is 0 Å². The highest BCUT2D eigenvalue weighted by atomic mass is 79.9. The van der Waals surface area contributed by atoms with E-state index in [0.717, 1.165) is 27.8 Å². The number of ether oxygens (including phenoxy) is 1. The smallest absolute Gasteiger partial charge is 0.241 e. The van der Waals surface area contributed by atoms with E-state index in [1.54, 1.807) is 0 Å². The predicted octanol–water partition coefficient (Wildman–Crippen LogP) is 5.35. The van der Waals surface area contributed by atoms with E-state index in [-0.39, 0.29) is 18.0 Å². The molecule has 6 nitrogen and oxygen atoms in total. The summed E-state index contributed by atoms with van der Waals surface area (Å²) in [5.74, 6) is 1.79. The Bertz CT molecular complexity index is 1160. The summed E-state index contributed by atoms with van der Waals surface area (Å²) in [6, 6.07) is 26.8. The number of nitrogens with two attached hydrogens (primary N) is 1. The number of nitrogens with zero attached hydrogens (tertiary/aromatic N) is 3. The first kappa shape index (κ1) is 19.6. The largest absolute Gasteiger partial charge is 0.489 e. The van der Waals surface area contributed by atoms with Crippen LogP contribution in [-0.4, -0.2) is 14.8 Å². The normalized spacial score (nSPS) is 17.6. The first-order chi connectivity index (χ1) is 15.2. The summed E-state index contributed by atoms with van der Waals surface area (Å²) in [5, 5.41) is 7.90. The molecule has 31 heavy (non-hydrogen) atoms. The van der Waals surface area contributed by atoms with Gasteiger partial charge in [0.25, 0.3) is 0 Å². The molecule has 5 rings (SSSR count). The van der Waals surface area contributed by atoms with Gasteiger partial charge >= 0.3 is 0 Å². The molecule has 1 aromatic heterocycles. The Labute approximate surface area is 189 Å². The lowest BCUT2D eigenvalue weighted by Crippen LogP contribution is -2.28. The van der Waals surface area contributed by atoms with Crippen LogP contribution in [0.2, 0.25) is 0 Å². The van der Waals surface area contributed by atoms with Crippen LogP contribution in [0.15, 0.2) is 83.3 Å². The van der Waals surface area contributed by atoms with Gasteiger partial charge in [0.05, 0.1) is 12.1 Å². The van der Waals surface area contributed by atoms with Crippen LogP contribution < -0.4 is 15.8 Å². The molecule has 0 spiro atoms. The molecule has 2 heterocycles. The quantitative estimate of drug-likeness (QED) is 0.406. The number of nitrogen functional groups attached to an aromatic ring is 1. The van der Waals surface area contributed by atoms with Gasteiger partial charge in [-0.25, -0.2) is 4.68 Å². The van der Waals surface area contributed by atoms with Crippen molar-refractivity contribution in [3.05, 3.63) is 100 Å². The third-order valence-electron chi connectivity index (χ3n) is 5.49. The van der Waals surface area contributed by atoms with E-state index in [1.165, 1.54) is 5.56 Å². The van der Waals surface area contributed by atoms with Gasteiger partial charge in [-0.1, -0.05) is 70.5 Å². The highest BCUT2D eigenvalue weighted by Crippen LogP contribution is 2.38. The molecule has 0 amide bonds. The van der Waals surface area contributed by atoms with Crippen molar-refractivity contribution in [2.75, 3.05) is 11.1 Å². The minimum absolute atomic E-state index is 0.0258. The van der Waals surface area contributed by atoms with Crippen LogP contribution >= 0.6 is 15.9 Å². The second-order valence-electron chi connectivity index (χ2n) is 7.58. The Morgan fingerprint density at radius 3 is 2.42 bits per heavy atom. The number of benzene rings is 3. The monoisotopic (exact) mass is 475 g/mol. The van der Waals surface area contributed by atoms with Crippen LogP contribution in [-0.2, 0) is 6.61 Å². The number of rotatable bonds is 5. The minimum Gasteiger partial charge on any atom is -0.489 e. The fourth-order valence-electron chi connectivity index (χ4n) is 3.91. The number of hydrogen-bond acceptors (Lipinski definition) is 5. The first-order valence-corrected chi connectivity index (χ1v) is 11.0. The number of fused-ring (bicyclic) bond motifs is 1. The van der Waals surface area contributed by atoms with E-state index in [4.69, 9.17) is 10.5 Å². The third kappa shape index (κ3) is 4.27. The molecular weight excluding hydrogens is 454 g/mol. The summed E-state index contributed by atoms with van der Waals surface area (Å²) in [6.45, 7) is 0.545. The lowest BCUT2D eigenvalue weighted by Gasteiger charge is -2.31. The third-order valence-corrected chi connectivity index (χ3v) is 6.02. The van der Waals surface area contributed by atoms with Crippen LogP contribution in [0.5, 0.6) is 5.75 Å². The number of anilines is 2. The van der Waals surface area contributed by atoms with E-state index < -0.39 is 0 Å². The van der Waals surface area contributed by atoms with Crippen molar-refractivity contribution >= 4 is 27.8 Å². The molecule has 156 valence electrons. The lowest BCUT2D eigenvalue weighted by molar-refractivity contribution is 0.306. The van der Waals surface area contributed by atoms with Gasteiger partial charge in [-0.3, -0.25) is 0 Å². The average Bonchev–Trinajstić information content (AvgIpc) is 3.19. The molecule has 7 heteroatoms. The van der Waals surface area contributed by atoms with E-state index in [0.29, 0.717) is 12.6 Å². The second-order valence-corrected chi connectivity index (χ2v) is 8.50. The molecule has 4 aromatic rings. The molecule has 3 aromatic carbocycles. The fraction of sp³-hybridized carbons (Fsp3) is 0.167. The summed E-state index contributed by atoms with van der Waals surface area (Å²) in [7, 11) is 0. The van der Waals surface area contributed by atoms with E-state index in [9.17, 15) is 0 Å². The predicted molar refractivity (Wildman–Crippen MR) is 125 cm³/mol. The van der Waals surface area contributed by atoms with Gasteiger partial charge in [0, 0.05) is 4.47 Å². The second kappa shape index (κ2) is 8.43. The summed E-state index contributed by atoms with van der Waals surface area (Å²) >= 11 is 3.51. The number of nitrogens with one attached hydrogen (secondary N) is 1. The maximum atomic E-state index is 5.94. The molecule has 1 aliphatic heterocycles. The average molecular weight is 476 g/mol. The van der Waals surface area contributed by atoms with Crippen molar-refractivity contribution in [3.63, 3.8) is 0 Å². The van der Waals surface area contributed by atoms with Crippen molar-refractivity contribution in [3.8, 4) is 5.75 Å². The Morgan fingerprint density at radius 2 is 1.68 bits per heavy atom. The molecule has 2 unspecified atom stereocenters. The molecular formula is C24H22BrN5O. The maximum absolute atomic E-state index is 5.94. The summed E-state index contributed by atoms with van der Waals surface area (Å²) in [4.78, 5) is 4.39. The van der Waals surface area contributed by atoms with Gasteiger partial charge in [-0.2, -0.15) is 4.98 Å². The van der Waals surface area contributed by atoms with Crippen molar-refractivity contribution in [1.29, 1.82) is 0 Å². The summed E-state index contributed by atoms with van der Waals surface area (Å²) < 4.78 is 8.88. The highest BCUT2D eigenvalue weighted by Gasteiger charge is 2.30. The maximum Gasteiger partial charge on any atom is 0.241 e. The summed E-state index contributed by atoms with van der Waals surface area (Å²) in [6.07, 6.45) is 0.835. The molecule has 3 N–H and O–H groups in total. The zero-order valence-corrected chi connectivity index (χ0v) is 18.4. The Kier molecular flexibility index (Phi) is 5.34. The number of hydrogen-bond donors (Lipinski definition) is 2. The molecule has 0 aliphatic carbocycles. The SMILES string of the molecule is Nc1nc2n(n1)C(c1ccc(OCc3ccccc3)cc1)CC(c1ccc(Br)cc1)N2. The van der Waals surface area contributed by atoms with E-state index in [2.05, 4.69) is 79.9 Å². The van der Waals surface area contributed by atoms with Crippen LogP contribution in [0.25, 0.3) is 0 Å². The van der Waals surface area contributed by atoms with Gasteiger partial charge in [0.1, 0.15) is 12.4 Å². The van der Waals surface area contributed by atoms with Gasteiger partial charge in [0.2, 0.25) is 11.9 Å². The van der Waals surface area contributed by atoms with E-state index >= 15 is 0 Å². The fourth-order valence-corrected chi connectivity index (χ4v) is 4.18.